The normalized spacial score (nSPS) is 31.8. The molecule has 0 spiro atoms. The van der Waals surface area contributed by atoms with Crippen molar-refractivity contribution < 1.29 is 19.1 Å². The van der Waals surface area contributed by atoms with Gasteiger partial charge >= 0.3 is 6.09 Å². The molecule has 0 aromatic rings. The molecule has 0 unspecified atom stereocenters. The van der Waals surface area contributed by atoms with Gasteiger partial charge in [-0.2, -0.15) is 0 Å². The smallest absolute Gasteiger partial charge is 0.409 e. The molecule has 1 heterocycles. The third-order valence-corrected chi connectivity index (χ3v) is 7.81. The van der Waals surface area contributed by atoms with Crippen molar-refractivity contribution in [2.24, 2.45) is 23.2 Å². The lowest BCUT2D eigenvalue weighted by Crippen LogP contribution is -2.53. The molecule has 4 bridgehead atoms. The Balaban J connectivity index is 1.14. The van der Waals surface area contributed by atoms with E-state index in [0.717, 1.165) is 24.2 Å². The molecule has 4 saturated carbocycles. The first kappa shape index (κ1) is 22.4. The molecule has 0 aromatic heterocycles. The lowest BCUT2D eigenvalue weighted by Gasteiger charge is -2.57. The van der Waals surface area contributed by atoms with Gasteiger partial charge in [-0.15, -0.1) is 0 Å². The number of ether oxygens (including phenoxy) is 1. The van der Waals surface area contributed by atoms with Crippen LogP contribution < -0.4 is 5.32 Å². The number of hydrogen-bond donors (Lipinski definition) is 1. The minimum absolute atomic E-state index is 0.00217. The average molecular weight is 435 g/mol. The van der Waals surface area contributed by atoms with E-state index < -0.39 is 0 Å². The van der Waals surface area contributed by atoms with E-state index in [1.165, 1.54) is 38.5 Å². The van der Waals surface area contributed by atoms with Crippen LogP contribution >= 0.6 is 0 Å². The van der Waals surface area contributed by atoms with E-state index in [2.05, 4.69) is 5.32 Å². The second kappa shape index (κ2) is 9.35. The number of hydrogen-bond acceptors (Lipinski definition) is 5. The molecule has 8 nitrogen and oxygen atoms in total. The predicted octanol–water partition coefficient (Wildman–Crippen LogP) is 1.55. The van der Waals surface area contributed by atoms with Gasteiger partial charge in [0.1, 0.15) is 0 Å². The SMILES string of the molecule is CN(C)CC(=O)NCC(=O)N1CCN(C(=O)OCCC23CC4CC(CC(C4)C2)C3)CC1. The quantitative estimate of drug-likeness (QED) is 0.658. The number of nitrogens with one attached hydrogen (secondary N) is 1. The van der Waals surface area contributed by atoms with E-state index in [9.17, 15) is 14.4 Å². The maximum atomic E-state index is 12.5. The fourth-order valence-corrected chi connectivity index (χ4v) is 6.81. The molecule has 174 valence electrons. The summed E-state index contributed by atoms with van der Waals surface area (Å²) in [4.78, 5) is 41.7. The standard InChI is InChI=1S/C23H38N4O4/c1-25(2)16-20(28)24-15-21(29)26-4-6-27(7-5-26)22(30)31-8-3-23-12-17-9-18(13-23)11-19(10-17)14-23/h17-19H,3-16H2,1-2H3,(H,24,28). The Bertz CT molecular complexity index is 652. The molecule has 1 saturated heterocycles. The molecular formula is C23H38N4O4. The second-order valence-corrected chi connectivity index (χ2v) is 10.7. The Morgan fingerprint density at radius 1 is 0.935 bits per heavy atom. The topological polar surface area (TPSA) is 82.2 Å². The number of piperazine rings is 1. The van der Waals surface area contributed by atoms with E-state index in [0.29, 0.717) is 38.2 Å². The fraction of sp³-hybridized carbons (Fsp3) is 0.870. The van der Waals surface area contributed by atoms with Crippen LogP contribution in [0.5, 0.6) is 0 Å². The zero-order chi connectivity index (χ0) is 22.0. The average Bonchev–Trinajstić information content (AvgIpc) is 2.70. The van der Waals surface area contributed by atoms with Crippen molar-refractivity contribution in [1.82, 2.24) is 20.0 Å². The van der Waals surface area contributed by atoms with Gasteiger partial charge < -0.3 is 24.8 Å². The van der Waals surface area contributed by atoms with Crippen LogP contribution in [0.3, 0.4) is 0 Å². The second-order valence-electron chi connectivity index (χ2n) is 10.7. The molecule has 5 fully saturated rings. The van der Waals surface area contributed by atoms with Crippen molar-refractivity contribution in [1.29, 1.82) is 0 Å². The number of rotatable bonds is 7. The van der Waals surface area contributed by atoms with E-state index in [1.807, 2.05) is 14.1 Å². The molecule has 0 radical (unpaired) electrons. The van der Waals surface area contributed by atoms with E-state index in [1.54, 1.807) is 14.7 Å². The van der Waals surface area contributed by atoms with Crippen molar-refractivity contribution in [2.75, 3.05) is 60.0 Å². The van der Waals surface area contributed by atoms with Crippen LogP contribution in [0.1, 0.15) is 44.9 Å². The summed E-state index contributed by atoms with van der Waals surface area (Å²) in [6.07, 6.45) is 9.06. The summed E-state index contributed by atoms with van der Waals surface area (Å²) in [6, 6.07) is 0. The summed E-state index contributed by atoms with van der Waals surface area (Å²) >= 11 is 0. The van der Waals surface area contributed by atoms with E-state index >= 15 is 0 Å². The molecule has 3 amide bonds. The van der Waals surface area contributed by atoms with E-state index in [-0.39, 0.29) is 31.0 Å². The summed E-state index contributed by atoms with van der Waals surface area (Å²) in [7, 11) is 3.62. The first-order chi connectivity index (χ1) is 14.8. The maximum Gasteiger partial charge on any atom is 0.409 e. The Morgan fingerprint density at radius 2 is 1.48 bits per heavy atom. The van der Waals surface area contributed by atoms with Crippen LogP contribution in [0.25, 0.3) is 0 Å². The lowest BCUT2D eigenvalue weighted by atomic mass is 9.49. The van der Waals surface area contributed by atoms with Gasteiger partial charge in [-0.05, 0) is 82.2 Å². The molecule has 4 aliphatic carbocycles. The van der Waals surface area contributed by atoms with E-state index in [4.69, 9.17) is 4.74 Å². The van der Waals surface area contributed by atoms with Gasteiger partial charge in [-0.1, -0.05) is 0 Å². The van der Waals surface area contributed by atoms with Crippen molar-refractivity contribution in [2.45, 2.75) is 44.9 Å². The molecule has 8 heteroatoms. The first-order valence-corrected chi connectivity index (χ1v) is 11.9. The van der Waals surface area contributed by atoms with Crippen LogP contribution in [0.15, 0.2) is 0 Å². The Hall–Kier alpha value is -1.83. The van der Waals surface area contributed by atoms with Crippen LogP contribution in [0.2, 0.25) is 0 Å². The van der Waals surface area contributed by atoms with Gasteiger partial charge in [0, 0.05) is 26.2 Å². The monoisotopic (exact) mass is 434 g/mol. The summed E-state index contributed by atoms with van der Waals surface area (Å²) in [6.45, 7) is 2.69. The molecule has 1 aliphatic heterocycles. The minimum Gasteiger partial charge on any atom is -0.449 e. The Kier molecular flexibility index (Phi) is 6.74. The predicted molar refractivity (Wildman–Crippen MR) is 116 cm³/mol. The third kappa shape index (κ3) is 5.51. The van der Waals surface area contributed by atoms with Crippen molar-refractivity contribution >= 4 is 17.9 Å². The van der Waals surface area contributed by atoms with Crippen molar-refractivity contribution in [3.05, 3.63) is 0 Å². The Morgan fingerprint density at radius 3 is 2.03 bits per heavy atom. The molecular weight excluding hydrogens is 396 g/mol. The molecule has 0 aromatic carbocycles. The lowest BCUT2D eigenvalue weighted by molar-refractivity contribution is -0.134. The molecule has 5 aliphatic rings. The third-order valence-electron chi connectivity index (χ3n) is 7.81. The van der Waals surface area contributed by atoms with Gasteiger partial charge in [0.25, 0.3) is 0 Å². The van der Waals surface area contributed by atoms with Crippen molar-refractivity contribution in [3.63, 3.8) is 0 Å². The first-order valence-electron chi connectivity index (χ1n) is 11.9. The number of carbonyl (C=O) groups is 3. The largest absolute Gasteiger partial charge is 0.449 e. The highest BCUT2D eigenvalue weighted by Crippen LogP contribution is 2.61. The highest BCUT2D eigenvalue weighted by Gasteiger charge is 2.50. The Labute approximate surface area is 185 Å². The minimum atomic E-state index is -0.254. The van der Waals surface area contributed by atoms with Crippen LogP contribution in [0.4, 0.5) is 4.79 Å². The summed E-state index contributed by atoms with van der Waals surface area (Å²) in [5.74, 6) is 2.47. The van der Waals surface area contributed by atoms with Crippen LogP contribution in [0, 0.1) is 23.2 Å². The van der Waals surface area contributed by atoms with Crippen LogP contribution in [-0.4, -0.2) is 92.6 Å². The van der Waals surface area contributed by atoms with Crippen LogP contribution in [-0.2, 0) is 14.3 Å². The number of nitrogens with zero attached hydrogens (tertiary/aromatic N) is 3. The number of carbonyl (C=O) groups excluding carboxylic acids is 3. The van der Waals surface area contributed by atoms with Gasteiger partial charge in [-0.25, -0.2) is 4.79 Å². The molecule has 1 N–H and O–H groups in total. The number of amides is 3. The summed E-state index contributed by atoms with van der Waals surface area (Å²) in [5.41, 5.74) is 0.428. The molecule has 5 rings (SSSR count). The van der Waals surface area contributed by atoms with Gasteiger partial charge in [0.05, 0.1) is 19.7 Å². The highest BCUT2D eigenvalue weighted by molar-refractivity contribution is 5.85. The molecule has 31 heavy (non-hydrogen) atoms. The highest BCUT2D eigenvalue weighted by atomic mass is 16.6. The van der Waals surface area contributed by atoms with Crippen molar-refractivity contribution in [3.8, 4) is 0 Å². The zero-order valence-electron chi connectivity index (χ0n) is 19.1. The fourth-order valence-electron chi connectivity index (χ4n) is 6.81. The molecule has 0 atom stereocenters. The van der Waals surface area contributed by atoms with Gasteiger partial charge in [0.2, 0.25) is 11.8 Å². The summed E-state index contributed by atoms with van der Waals surface area (Å²) < 4.78 is 5.65. The number of likely N-dealkylation sites (N-methyl/N-ethyl adjacent to an activating group) is 1. The maximum absolute atomic E-state index is 12.5. The summed E-state index contributed by atoms with van der Waals surface area (Å²) in [5, 5.41) is 2.65. The van der Waals surface area contributed by atoms with Gasteiger partial charge in [-0.3, -0.25) is 9.59 Å². The zero-order valence-corrected chi connectivity index (χ0v) is 19.1. The van der Waals surface area contributed by atoms with Gasteiger partial charge in [0.15, 0.2) is 0 Å².